The zero-order valence-electron chi connectivity index (χ0n) is 15.1. The molecule has 2 N–H and O–H groups in total. The van der Waals surface area contributed by atoms with Gasteiger partial charge >= 0.3 is 0 Å². The van der Waals surface area contributed by atoms with Crippen LogP contribution in [0.25, 0.3) is 0 Å². The molecule has 0 spiro atoms. The first-order valence-electron chi connectivity index (χ1n) is 8.25. The third-order valence-electron chi connectivity index (χ3n) is 4.13. The molecular weight excluding hydrogens is 334 g/mol. The molecule has 0 saturated heterocycles. The number of nitrogens with two attached hydrogens (primary N) is 1. The third-order valence-corrected chi connectivity index (χ3v) is 5.72. The second-order valence-electron chi connectivity index (χ2n) is 6.81. The van der Waals surface area contributed by atoms with Crippen LogP contribution in [0.5, 0.6) is 5.75 Å². The number of ether oxygens (including phenoxy) is 1. The van der Waals surface area contributed by atoms with Gasteiger partial charge in [0.15, 0.2) is 0 Å². The predicted octanol–water partition coefficient (Wildman–Crippen LogP) is 3.83. The minimum absolute atomic E-state index is 0.0534. The highest BCUT2D eigenvalue weighted by atomic mass is 32.2. The molecule has 0 saturated carbocycles. The van der Waals surface area contributed by atoms with E-state index in [-0.39, 0.29) is 5.25 Å². The van der Waals surface area contributed by atoms with Crippen molar-refractivity contribution < 1.29 is 13.7 Å². The number of hydrogen-bond donors (Lipinski definition) is 1. The normalized spacial score (nSPS) is 14.1. The van der Waals surface area contributed by atoms with Gasteiger partial charge in [0.2, 0.25) is 5.91 Å². The Morgan fingerprint density at radius 3 is 2.08 bits per heavy atom. The van der Waals surface area contributed by atoms with Gasteiger partial charge in [0.25, 0.3) is 0 Å². The van der Waals surface area contributed by atoms with Gasteiger partial charge in [-0.05, 0) is 43.7 Å². The lowest BCUT2D eigenvalue weighted by Crippen LogP contribution is -2.39. The van der Waals surface area contributed by atoms with Gasteiger partial charge in [-0.1, -0.05) is 44.2 Å². The molecule has 0 bridgehead atoms. The summed E-state index contributed by atoms with van der Waals surface area (Å²) < 4.78 is 18.3. The Kier molecular flexibility index (Phi) is 6.01. The number of benzene rings is 2. The molecule has 2 atom stereocenters. The molecular formula is C20H25NO3S. The minimum Gasteiger partial charge on any atom is -0.485 e. The Morgan fingerprint density at radius 2 is 1.60 bits per heavy atom. The SMILES string of the molecule is CC(C)S(=O)c1ccc(OC(c2ccccc2)C(C)(C)C(N)=O)cc1. The summed E-state index contributed by atoms with van der Waals surface area (Å²) in [5.41, 5.74) is 5.59. The van der Waals surface area contributed by atoms with Gasteiger partial charge in [-0.15, -0.1) is 0 Å². The van der Waals surface area contributed by atoms with Gasteiger partial charge in [-0.3, -0.25) is 9.00 Å². The molecule has 0 aliphatic heterocycles. The van der Waals surface area contributed by atoms with E-state index in [0.29, 0.717) is 5.75 Å². The maximum atomic E-state index is 12.2. The quantitative estimate of drug-likeness (QED) is 0.817. The predicted molar refractivity (Wildman–Crippen MR) is 101 cm³/mol. The largest absolute Gasteiger partial charge is 0.485 e. The molecule has 2 rings (SSSR count). The summed E-state index contributed by atoms with van der Waals surface area (Å²) in [6.07, 6.45) is -0.521. The molecule has 0 aliphatic rings. The van der Waals surface area contributed by atoms with E-state index in [9.17, 15) is 9.00 Å². The zero-order valence-corrected chi connectivity index (χ0v) is 15.9. The van der Waals surface area contributed by atoms with Crippen molar-refractivity contribution in [3.63, 3.8) is 0 Å². The van der Waals surface area contributed by atoms with Gasteiger partial charge in [0.1, 0.15) is 11.9 Å². The summed E-state index contributed by atoms with van der Waals surface area (Å²) in [6.45, 7) is 7.38. The van der Waals surface area contributed by atoms with Crippen LogP contribution in [0.1, 0.15) is 39.4 Å². The molecule has 1 amide bonds. The van der Waals surface area contributed by atoms with Crippen LogP contribution in [-0.2, 0) is 15.6 Å². The van der Waals surface area contributed by atoms with Crippen molar-refractivity contribution in [2.75, 3.05) is 0 Å². The van der Waals surface area contributed by atoms with Crippen LogP contribution in [-0.4, -0.2) is 15.4 Å². The number of primary amides is 1. The van der Waals surface area contributed by atoms with Crippen molar-refractivity contribution in [1.29, 1.82) is 0 Å². The summed E-state index contributed by atoms with van der Waals surface area (Å²) in [6, 6.07) is 16.7. The van der Waals surface area contributed by atoms with E-state index in [1.54, 1.807) is 38.1 Å². The van der Waals surface area contributed by atoms with Gasteiger partial charge in [-0.2, -0.15) is 0 Å². The van der Waals surface area contributed by atoms with Crippen molar-refractivity contribution in [3.8, 4) is 5.75 Å². The molecule has 25 heavy (non-hydrogen) atoms. The molecule has 0 aromatic heterocycles. The number of hydrogen-bond acceptors (Lipinski definition) is 3. The fourth-order valence-electron chi connectivity index (χ4n) is 2.45. The highest BCUT2D eigenvalue weighted by Gasteiger charge is 2.38. The second-order valence-corrected chi connectivity index (χ2v) is 8.82. The number of amides is 1. The Labute approximate surface area is 151 Å². The smallest absolute Gasteiger partial charge is 0.227 e. The van der Waals surface area contributed by atoms with Gasteiger partial charge in [-0.25, -0.2) is 0 Å². The van der Waals surface area contributed by atoms with Crippen molar-refractivity contribution in [2.24, 2.45) is 11.1 Å². The van der Waals surface area contributed by atoms with Crippen molar-refractivity contribution in [3.05, 3.63) is 60.2 Å². The van der Waals surface area contributed by atoms with E-state index >= 15 is 0 Å². The third kappa shape index (κ3) is 4.48. The fourth-order valence-corrected chi connectivity index (χ4v) is 3.40. The summed E-state index contributed by atoms with van der Waals surface area (Å²) in [4.78, 5) is 12.7. The fraction of sp³-hybridized carbons (Fsp3) is 0.350. The molecule has 0 heterocycles. The summed E-state index contributed by atoms with van der Waals surface area (Å²) in [7, 11) is -1.05. The summed E-state index contributed by atoms with van der Waals surface area (Å²) in [5, 5.41) is 0.0534. The molecule has 0 fully saturated rings. The van der Waals surface area contributed by atoms with E-state index in [2.05, 4.69) is 0 Å². The van der Waals surface area contributed by atoms with Crippen LogP contribution < -0.4 is 10.5 Å². The highest BCUT2D eigenvalue weighted by molar-refractivity contribution is 7.85. The maximum absolute atomic E-state index is 12.2. The average molecular weight is 359 g/mol. The monoisotopic (exact) mass is 359 g/mol. The minimum atomic E-state index is -1.05. The molecule has 2 aromatic rings. The van der Waals surface area contributed by atoms with Crippen molar-refractivity contribution in [2.45, 2.75) is 43.9 Å². The molecule has 5 heteroatoms. The van der Waals surface area contributed by atoms with Gasteiger partial charge < -0.3 is 10.5 Å². The standard InChI is InChI=1S/C20H25NO3S/c1-14(2)25(23)17-12-10-16(11-13-17)24-18(20(3,4)19(21)22)15-8-6-5-7-9-15/h5-14,18H,1-4H3,(H2,21,22). The van der Waals surface area contributed by atoms with Crippen LogP contribution in [0.4, 0.5) is 0 Å². The Morgan fingerprint density at radius 1 is 1.04 bits per heavy atom. The zero-order chi connectivity index (χ0) is 18.6. The van der Waals surface area contributed by atoms with Gasteiger partial charge in [0, 0.05) is 10.1 Å². The van der Waals surface area contributed by atoms with E-state index in [1.165, 1.54) is 0 Å². The van der Waals surface area contributed by atoms with Gasteiger partial charge in [0.05, 0.1) is 16.2 Å². The van der Waals surface area contributed by atoms with E-state index in [4.69, 9.17) is 10.5 Å². The highest BCUT2D eigenvalue weighted by Crippen LogP contribution is 2.37. The average Bonchev–Trinajstić information content (AvgIpc) is 2.60. The van der Waals surface area contributed by atoms with E-state index < -0.39 is 28.2 Å². The summed E-state index contributed by atoms with van der Waals surface area (Å²) in [5.74, 6) is 0.173. The maximum Gasteiger partial charge on any atom is 0.227 e. The van der Waals surface area contributed by atoms with Crippen molar-refractivity contribution in [1.82, 2.24) is 0 Å². The molecule has 4 nitrogen and oxygen atoms in total. The first-order valence-corrected chi connectivity index (χ1v) is 9.47. The Hall–Kier alpha value is -2.14. The first kappa shape index (κ1) is 19.2. The van der Waals surface area contributed by atoms with Crippen molar-refractivity contribution >= 4 is 16.7 Å². The molecule has 2 aromatic carbocycles. The van der Waals surface area contributed by atoms with Crippen LogP contribution in [0.3, 0.4) is 0 Å². The lowest BCUT2D eigenvalue weighted by Gasteiger charge is -2.32. The lowest BCUT2D eigenvalue weighted by molar-refractivity contribution is -0.131. The van der Waals surface area contributed by atoms with E-state index in [0.717, 1.165) is 10.5 Å². The van der Waals surface area contributed by atoms with Crippen LogP contribution in [0, 0.1) is 5.41 Å². The number of carbonyl (C=O) groups is 1. The first-order chi connectivity index (χ1) is 11.7. The van der Waals surface area contributed by atoms with E-state index in [1.807, 2.05) is 44.2 Å². The van der Waals surface area contributed by atoms with Crippen LogP contribution in [0.15, 0.2) is 59.5 Å². The lowest BCUT2D eigenvalue weighted by atomic mass is 9.82. The summed E-state index contributed by atoms with van der Waals surface area (Å²) >= 11 is 0. The molecule has 0 radical (unpaired) electrons. The van der Waals surface area contributed by atoms with Crippen LogP contribution >= 0.6 is 0 Å². The molecule has 2 unspecified atom stereocenters. The number of carbonyl (C=O) groups excluding carboxylic acids is 1. The Balaban J connectivity index is 2.31. The Bertz CT molecular complexity index is 739. The molecule has 0 aliphatic carbocycles. The topological polar surface area (TPSA) is 69.4 Å². The second kappa shape index (κ2) is 7.83. The van der Waals surface area contributed by atoms with Crippen LogP contribution in [0.2, 0.25) is 0 Å². The molecule has 134 valence electrons. The number of rotatable bonds is 7.